The molecule has 2 atom stereocenters. The van der Waals surface area contributed by atoms with E-state index in [1.54, 1.807) is 6.92 Å². The molecule has 2 aromatic rings. The highest BCUT2D eigenvalue weighted by atomic mass is 32.1. The van der Waals surface area contributed by atoms with Crippen LogP contribution >= 0.6 is 11.3 Å². The molecule has 120 valence electrons. The smallest absolute Gasteiger partial charge is 0.159 e. The van der Waals surface area contributed by atoms with Crippen molar-refractivity contribution in [2.24, 2.45) is 0 Å². The number of hydrogen-bond acceptors (Lipinski definition) is 5. The van der Waals surface area contributed by atoms with E-state index in [0.29, 0.717) is 0 Å². The molecule has 1 aromatic carbocycles. The molecule has 0 aliphatic rings. The SMILES string of the molecule is CO[C@H](C)CC(=O)[C@H](C#N)c1nc(-c2c(F)cccc2F)cs1. The third kappa shape index (κ3) is 3.78. The summed E-state index contributed by atoms with van der Waals surface area (Å²) in [6, 6.07) is 5.42. The average molecular weight is 336 g/mol. The summed E-state index contributed by atoms with van der Waals surface area (Å²) < 4.78 is 32.6. The molecule has 0 spiro atoms. The molecule has 0 aliphatic carbocycles. The van der Waals surface area contributed by atoms with Gasteiger partial charge in [0.25, 0.3) is 0 Å². The maximum atomic E-state index is 13.8. The predicted octanol–water partition coefficient (Wildman–Crippen LogP) is 3.69. The number of thiazole rings is 1. The Balaban J connectivity index is 2.31. The van der Waals surface area contributed by atoms with Crippen molar-refractivity contribution >= 4 is 17.1 Å². The van der Waals surface area contributed by atoms with Crippen LogP contribution in [0.5, 0.6) is 0 Å². The summed E-state index contributed by atoms with van der Waals surface area (Å²) in [4.78, 5) is 16.2. The predicted molar refractivity (Wildman–Crippen MR) is 81.9 cm³/mol. The number of hydrogen-bond donors (Lipinski definition) is 0. The molecule has 7 heteroatoms. The van der Waals surface area contributed by atoms with Crippen LogP contribution in [-0.2, 0) is 9.53 Å². The highest BCUT2D eigenvalue weighted by molar-refractivity contribution is 7.10. The Bertz CT molecular complexity index is 735. The van der Waals surface area contributed by atoms with E-state index in [1.807, 2.05) is 6.07 Å². The summed E-state index contributed by atoms with van der Waals surface area (Å²) in [6.07, 6.45) is -0.251. The van der Waals surface area contributed by atoms with Gasteiger partial charge in [-0.15, -0.1) is 11.3 Å². The van der Waals surface area contributed by atoms with Crippen LogP contribution in [-0.4, -0.2) is 24.0 Å². The Kier molecular flexibility index (Phi) is 5.53. The zero-order valence-corrected chi connectivity index (χ0v) is 13.4. The molecule has 0 fully saturated rings. The van der Waals surface area contributed by atoms with Crippen molar-refractivity contribution in [2.75, 3.05) is 7.11 Å². The lowest BCUT2D eigenvalue weighted by Crippen LogP contribution is -2.18. The maximum Gasteiger partial charge on any atom is 0.159 e. The third-order valence-corrected chi connectivity index (χ3v) is 4.24. The van der Waals surface area contributed by atoms with E-state index in [0.717, 1.165) is 23.5 Å². The molecule has 4 nitrogen and oxygen atoms in total. The molecular formula is C16H14F2N2O2S. The average Bonchev–Trinajstić information content (AvgIpc) is 2.97. The second-order valence-corrected chi connectivity index (χ2v) is 5.84. The zero-order valence-electron chi connectivity index (χ0n) is 12.5. The molecule has 0 radical (unpaired) electrons. The fourth-order valence-electron chi connectivity index (χ4n) is 2.03. The van der Waals surface area contributed by atoms with Gasteiger partial charge in [0.05, 0.1) is 23.4 Å². The quantitative estimate of drug-likeness (QED) is 0.807. The highest BCUT2D eigenvalue weighted by Crippen LogP contribution is 2.30. The highest BCUT2D eigenvalue weighted by Gasteiger charge is 2.26. The molecule has 1 heterocycles. The minimum Gasteiger partial charge on any atom is -0.381 e. The minimum absolute atomic E-state index is 0.0672. The first-order valence-corrected chi connectivity index (χ1v) is 7.70. The molecule has 0 amide bonds. The van der Waals surface area contributed by atoms with E-state index < -0.39 is 17.6 Å². The largest absolute Gasteiger partial charge is 0.381 e. The van der Waals surface area contributed by atoms with Crippen LogP contribution in [0, 0.1) is 23.0 Å². The molecular weight excluding hydrogens is 322 g/mol. The maximum absolute atomic E-state index is 13.8. The number of Topliss-reactive ketones (excluding diaryl/α,β-unsaturated/α-hetero) is 1. The van der Waals surface area contributed by atoms with Crippen LogP contribution in [0.1, 0.15) is 24.3 Å². The van der Waals surface area contributed by atoms with Crippen molar-refractivity contribution in [2.45, 2.75) is 25.4 Å². The Morgan fingerprint density at radius 3 is 2.65 bits per heavy atom. The van der Waals surface area contributed by atoms with Crippen molar-refractivity contribution in [3.05, 3.63) is 40.2 Å². The number of rotatable bonds is 6. The summed E-state index contributed by atoms with van der Waals surface area (Å²) in [5.74, 6) is -2.89. The number of nitriles is 1. The number of ketones is 1. The van der Waals surface area contributed by atoms with Crippen molar-refractivity contribution in [1.82, 2.24) is 4.98 Å². The summed E-state index contributed by atoms with van der Waals surface area (Å²) >= 11 is 1.03. The van der Waals surface area contributed by atoms with E-state index in [9.17, 15) is 18.8 Å². The molecule has 0 aliphatic heterocycles. The number of halogens is 2. The number of methoxy groups -OCH3 is 1. The lowest BCUT2D eigenvalue weighted by Gasteiger charge is -2.10. The Hall–Kier alpha value is -2.17. The monoisotopic (exact) mass is 336 g/mol. The van der Waals surface area contributed by atoms with Crippen LogP contribution in [0.2, 0.25) is 0 Å². The van der Waals surface area contributed by atoms with Crippen molar-refractivity contribution in [3.63, 3.8) is 0 Å². The fourth-order valence-corrected chi connectivity index (χ4v) is 2.90. The van der Waals surface area contributed by atoms with Gasteiger partial charge in [-0.25, -0.2) is 13.8 Å². The van der Waals surface area contributed by atoms with Gasteiger partial charge in [0.1, 0.15) is 16.6 Å². The van der Waals surface area contributed by atoms with E-state index in [-0.39, 0.29) is 34.6 Å². The topological polar surface area (TPSA) is 63.0 Å². The molecule has 0 N–H and O–H groups in total. The molecule has 0 bridgehead atoms. The second-order valence-electron chi connectivity index (χ2n) is 4.95. The van der Waals surface area contributed by atoms with E-state index in [2.05, 4.69) is 4.98 Å². The van der Waals surface area contributed by atoms with Crippen molar-refractivity contribution in [3.8, 4) is 17.3 Å². The number of benzene rings is 1. The van der Waals surface area contributed by atoms with E-state index in [1.165, 1.54) is 18.6 Å². The lowest BCUT2D eigenvalue weighted by molar-refractivity contribution is -0.121. The normalized spacial score (nSPS) is 13.3. The Labute approximate surface area is 136 Å². The summed E-state index contributed by atoms with van der Waals surface area (Å²) in [6.45, 7) is 1.72. The standard InChI is InChI=1S/C16H14F2N2O2S/c1-9(22-2)6-14(21)10(7-19)16-20-13(8-23-16)15-11(17)4-3-5-12(15)18/h3-5,8-10H,6H2,1-2H3/t9-,10+/m1/s1. The number of nitrogens with zero attached hydrogens (tertiary/aromatic N) is 2. The first-order chi connectivity index (χ1) is 11.0. The molecule has 0 saturated heterocycles. The Morgan fingerprint density at radius 2 is 2.09 bits per heavy atom. The van der Waals surface area contributed by atoms with E-state index in [4.69, 9.17) is 4.74 Å². The molecule has 2 rings (SSSR count). The second kappa shape index (κ2) is 7.40. The van der Waals surface area contributed by atoms with Crippen LogP contribution < -0.4 is 0 Å². The number of ether oxygens (including phenoxy) is 1. The van der Waals surface area contributed by atoms with Gasteiger partial charge < -0.3 is 4.74 Å². The number of carbonyl (C=O) groups excluding carboxylic acids is 1. The van der Waals surface area contributed by atoms with Gasteiger partial charge in [0.2, 0.25) is 0 Å². The zero-order chi connectivity index (χ0) is 17.0. The van der Waals surface area contributed by atoms with Crippen molar-refractivity contribution < 1.29 is 18.3 Å². The van der Waals surface area contributed by atoms with Crippen LogP contribution in [0.3, 0.4) is 0 Å². The number of aromatic nitrogens is 1. The van der Waals surface area contributed by atoms with E-state index >= 15 is 0 Å². The van der Waals surface area contributed by atoms with Gasteiger partial charge in [-0.05, 0) is 19.1 Å². The van der Waals surface area contributed by atoms with Gasteiger partial charge in [0.15, 0.2) is 11.7 Å². The minimum atomic E-state index is -1.07. The molecule has 1 aromatic heterocycles. The summed E-state index contributed by atoms with van der Waals surface area (Å²) in [5, 5.41) is 10.9. The van der Waals surface area contributed by atoms with Gasteiger partial charge in [-0.1, -0.05) is 6.07 Å². The third-order valence-electron chi connectivity index (χ3n) is 3.33. The van der Waals surface area contributed by atoms with Gasteiger partial charge in [-0.3, -0.25) is 4.79 Å². The molecule has 23 heavy (non-hydrogen) atoms. The first-order valence-electron chi connectivity index (χ1n) is 6.82. The first kappa shape index (κ1) is 17.2. The van der Waals surface area contributed by atoms with Gasteiger partial charge >= 0.3 is 0 Å². The van der Waals surface area contributed by atoms with Crippen LogP contribution in [0.4, 0.5) is 8.78 Å². The fraction of sp³-hybridized carbons (Fsp3) is 0.312. The molecule has 0 saturated carbocycles. The summed E-state index contributed by atoms with van der Waals surface area (Å²) in [7, 11) is 1.47. The summed E-state index contributed by atoms with van der Waals surface area (Å²) in [5.41, 5.74) is -0.183. The van der Waals surface area contributed by atoms with Gasteiger partial charge in [-0.2, -0.15) is 5.26 Å². The van der Waals surface area contributed by atoms with Gasteiger partial charge in [0, 0.05) is 18.9 Å². The van der Waals surface area contributed by atoms with Crippen LogP contribution in [0.25, 0.3) is 11.3 Å². The van der Waals surface area contributed by atoms with Crippen molar-refractivity contribution in [1.29, 1.82) is 5.26 Å². The lowest BCUT2D eigenvalue weighted by atomic mass is 10.0. The Morgan fingerprint density at radius 1 is 1.43 bits per heavy atom. The molecule has 0 unspecified atom stereocenters. The number of carbonyl (C=O) groups is 1. The van der Waals surface area contributed by atoms with Crippen LogP contribution in [0.15, 0.2) is 23.6 Å².